The van der Waals surface area contributed by atoms with Gasteiger partial charge in [0, 0.05) is 30.2 Å². The predicted molar refractivity (Wildman–Crippen MR) is 133 cm³/mol. The lowest BCUT2D eigenvalue weighted by molar-refractivity contribution is 0.0956. The van der Waals surface area contributed by atoms with Crippen LogP contribution in [-0.4, -0.2) is 33.4 Å². The largest absolute Gasteiger partial charge is 0.454 e. The van der Waals surface area contributed by atoms with Gasteiger partial charge in [0.25, 0.3) is 5.91 Å². The van der Waals surface area contributed by atoms with Gasteiger partial charge in [0.05, 0.1) is 4.90 Å². The Morgan fingerprint density at radius 1 is 0.971 bits per heavy atom. The normalized spacial score (nSPS) is 12.5. The quantitative estimate of drug-likeness (QED) is 0.412. The molecule has 2 N–H and O–H groups in total. The molecule has 0 atom stereocenters. The third-order valence-electron chi connectivity index (χ3n) is 5.23. The highest BCUT2D eigenvalue weighted by Crippen LogP contribution is 2.32. The zero-order chi connectivity index (χ0) is 24.0. The number of ether oxygens (including phenoxy) is 2. The molecule has 0 spiro atoms. The van der Waals surface area contributed by atoms with E-state index in [4.69, 9.17) is 9.47 Å². The van der Waals surface area contributed by atoms with Crippen molar-refractivity contribution in [3.8, 4) is 11.5 Å². The molecule has 3 aromatic rings. The molecule has 34 heavy (non-hydrogen) atoms. The Balaban J connectivity index is 1.27. The molecule has 0 aromatic heterocycles. The molecular formula is C25H26N2O5S2. The number of rotatable bonds is 10. The Hall–Kier alpha value is -3.01. The average molecular weight is 499 g/mol. The van der Waals surface area contributed by atoms with Crippen molar-refractivity contribution in [1.82, 2.24) is 10.0 Å². The minimum Gasteiger partial charge on any atom is -0.454 e. The first-order valence-corrected chi connectivity index (χ1v) is 13.4. The van der Waals surface area contributed by atoms with E-state index in [1.165, 1.54) is 23.3 Å². The van der Waals surface area contributed by atoms with Crippen molar-refractivity contribution in [2.75, 3.05) is 19.1 Å². The number of amides is 1. The molecule has 7 nitrogen and oxygen atoms in total. The van der Waals surface area contributed by atoms with Crippen LogP contribution in [0.5, 0.6) is 11.5 Å². The highest BCUT2D eigenvalue weighted by molar-refractivity contribution is 7.98. The van der Waals surface area contributed by atoms with Gasteiger partial charge in [0.15, 0.2) is 11.5 Å². The topological polar surface area (TPSA) is 93.7 Å². The van der Waals surface area contributed by atoms with Crippen molar-refractivity contribution in [1.29, 1.82) is 0 Å². The smallest absolute Gasteiger partial charge is 0.251 e. The summed E-state index contributed by atoms with van der Waals surface area (Å²) in [5.41, 5.74) is 3.51. The van der Waals surface area contributed by atoms with Crippen LogP contribution in [-0.2, 0) is 22.3 Å². The van der Waals surface area contributed by atoms with Gasteiger partial charge in [-0.25, -0.2) is 13.1 Å². The molecule has 0 unspecified atom stereocenters. The number of nitrogens with one attached hydrogen (secondary N) is 2. The van der Waals surface area contributed by atoms with E-state index in [-0.39, 0.29) is 24.1 Å². The molecule has 1 aliphatic heterocycles. The summed E-state index contributed by atoms with van der Waals surface area (Å²) < 4.78 is 38.7. The third-order valence-corrected chi connectivity index (χ3v) is 7.66. The van der Waals surface area contributed by atoms with Gasteiger partial charge in [-0.15, -0.1) is 0 Å². The van der Waals surface area contributed by atoms with Gasteiger partial charge in [-0.2, -0.15) is 11.8 Å². The summed E-state index contributed by atoms with van der Waals surface area (Å²) in [6, 6.07) is 19.7. The second-order valence-electron chi connectivity index (χ2n) is 7.83. The van der Waals surface area contributed by atoms with Crippen LogP contribution in [0.1, 0.15) is 27.0 Å². The maximum absolute atomic E-state index is 12.8. The van der Waals surface area contributed by atoms with E-state index in [9.17, 15) is 13.2 Å². The molecule has 0 radical (unpaired) electrons. The molecule has 0 saturated carbocycles. The first kappa shape index (κ1) is 24.1. The molecule has 0 saturated heterocycles. The van der Waals surface area contributed by atoms with E-state index in [1.54, 1.807) is 42.1 Å². The summed E-state index contributed by atoms with van der Waals surface area (Å²) in [5.74, 6) is 2.56. The maximum atomic E-state index is 12.8. The van der Waals surface area contributed by atoms with Crippen molar-refractivity contribution in [3.05, 3.63) is 89.0 Å². The summed E-state index contributed by atoms with van der Waals surface area (Å²) in [4.78, 5) is 12.6. The van der Waals surface area contributed by atoms with Crippen LogP contribution in [0.4, 0.5) is 0 Å². The molecule has 1 amide bonds. The monoisotopic (exact) mass is 498 g/mol. The molecule has 1 aliphatic rings. The van der Waals surface area contributed by atoms with Gasteiger partial charge in [0.1, 0.15) is 0 Å². The van der Waals surface area contributed by atoms with Gasteiger partial charge < -0.3 is 14.8 Å². The summed E-state index contributed by atoms with van der Waals surface area (Å²) in [6.45, 7) is 2.80. The number of thioether (sulfide) groups is 1. The van der Waals surface area contributed by atoms with Crippen molar-refractivity contribution in [2.45, 2.75) is 24.1 Å². The van der Waals surface area contributed by atoms with E-state index >= 15 is 0 Å². The number of carbonyl (C=O) groups excluding carboxylic acids is 1. The van der Waals surface area contributed by atoms with Crippen molar-refractivity contribution < 1.29 is 22.7 Å². The predicted octanol–water partition coefficient (Wildman–Crippen LogP) is 3.87. The van der Waals surface area contributed by atoms with Crippen LogP contribution < -0.4 is 19.5 Å². The average Bonchev–Trinajstić information content (AvgIpc) is 3.32. The zero-order valence-corrected chi connectivity index (χ0v) is 20.4. The van der Waals surface area contributed by atoms with Crippen LogP contribution in [0.2, 0.25) is 0 Å². The maximum Gasteiger partial charge on any atom is 0.251 e. The van der Waals surface area contributed by atoms with Gasteiger partial charge in [0.2, 0.25) is 16.8 Å². The minimum absolute atomic E-state index is 0.0367. The van der Waals surface area contributed by atoms with Crippen molar-refractivity contribution in [3.63, 3.8) is 0 Å². The molecule has 1 heterocycles. The second kappa shape index (κ2) is 10.9. The van der Waals surface area contributed by atoms with Crippen LogP contribution in [0.25, 0.3) is 0 Å². The summed E-state index contributed by atoms with van der Waals surface area (Å²) in [5, 5.41) is 2.85. The fraction of sp³-hybridized carbons (Fsp3) is 0.240. The highest BCUT2D eigenvalue weighted by atomic mass is 32.2. The van der Waals surface area contributed by atoms with Crippen LogP contribution in [0, 0.1) is 6.92 Å². The number of sulfonamides is 1. The number of hydrogen-bond acceptors (Lipinski definition) is 6. The van der Waals surface area contributed by atoms with E-state index < -0.39 is 10.0 Å². The molecular weight excluding hydrogens is 472 g/mol. The molecule has 3 aromatic carbocycles. The Labute approximate surface area is 203 Å². The Kier molecular flexibility index (Phi) is 7.77. The Morgan fingerprint density at radius 3 is 2.56 bits per heavy atom. The van der Waals surface area contributed by atoms with E-state index in [1.807, 2.05) is 0 Å². The second-order valence-corrected chi connectivity index (χ2v) is 10.7. The Bertz CT molecular complexity index is 1260. The fourth-order valence-electron chi connectivity index (χ4n) is 3.33. The molecule has 9 heteroatoms. The van der Waals surface area contributed by atoms with E-state index in [2.05, 4.69) is 41.2 Å². The standard InChI is InChI=1S/C25H26N2O5S2/c1-18-5-7-19(8-6-18)16-33-12-11-26-25(28)21-3-2-4-22(14-21)34(29,30)27-15-20-9-10-23-24(13-20)32-17-31-23/h2-10,13-14,27H,11-12,15-17H2,1H3,(H,26,28). The number of carbonyl (C=O) groups is 1. The molecule has 4 rings (SSSR count). The highest BCUT2D eigenvalue weighted by Gasteiger charge is 2.18. The zero-order valence-electron chi connectivity index (χ0n) is 18.7. The Morgan fingerprint density at radius 2 is 1.74 bits per heavy atom. The van der Waals surface area contributed by atoms with E-state index in [0.717, 1.165) is 17.1 Å². The summed E-state index contributed by atoms with van der Waals surface area (Å²) in [7, 11) is -3.80. The van der Waals surface area contributed by atoms with Crippen LogP contribution >= 0.6 is 11.8 Å². The molecule has 0 fully saturated rings. The van der Waals surface area contributed by atoms with Crippen molar-refractivity contribution in [2.24, 2.45) is 0 Å². The lowest BCUT2D eigenvalue weighted by Crippen LogP contribution is -2.27. The fourth-order valence-corrected chi connectivity index (χ4v) is 5.21. The first-order chi connectivity index (χ1) is 16.4. The van der Waals surface area contributed by atoms with Gasteiger partial charge in [-0.05, 0) is 48.4 Å². The molecule has 0 aliphatic carbocycles. The number of fused-ring (bicyclic) bond motifs is 1. The van der Waals surface area contributed by atoms with Crippen LogP contribution in [0.3, 0.4) is 0 Å². The number of hydrogen-bond donors (Lipinski definition) is 2. The lowest BCUT2D eigenvalue weighted by Gasteiger charge is -2.10. The van der Waals surface area contributed by atoms with Gasteiger partial charge in [-0.1, -0.05) is 42.0 Å². The van der Waals surface area contributed by atoms with Gasteiger partial charge >= 0.3 is 0 Å². The van der Waals surface area contributed by atoms with E-state index in [0.29, 0.717) is 23.6 Å². The summed E-state index contributed by atoms with van der Waals surface area (Å²) in [6.07, 6.45) is 0. The van der Waals surface area contributed by atoms with Crippen LogP contribution in [0.15, 0.2) is 71.6 Å². The number of aryl methyl sites for hydroxylation is 1. The lowest BCUT2D eigenvalue weighted by atomic mass is 10.2. The number of benzene rings is 3. The third kappa shape index (κ3) is 6.31. The van der Waals surface area contributed by atoms with Gasteiger partial charge in [-0.3, -0.25) is 4.79 Å². The first-order valence-electron chi connectivity index (χ1n) is 10.8. The molecule has 0 bridgehead atoms. The SMILES string of the molecule is Cc1ccc(CSCCNC(=O)c2cccc(S(=O)(=O)NCc3ccc4c(c3)OCO4)c2)cc1. The summed E-state index contributed by atoms with van der Waals surface area (Å²) >= 11 is 1.73. The molecule has 178 valence electrons. The minimum atomic E-state index is -3.80. The van der Waals surface area contributed by atoms with Crippen molar-refractivity contribution >= 4 is 27.7 Å².